The fourth-order valence-electron chi connectivity index (χ4n) is 2.34. The summed E-state index contributed by atoms with van der Waals surface area (Å²) >= 11 is -0.662. The quantitative estimate of drug-likeness (QED) is 0.630. The Labute approximate surface area is 88.8 Å². The van der Waals surface area contributed by atoms with Gasteiger partial charge in [-0.1, -0.05) is 0 Å². The molecule has 2 aliphatic carbocycles. The molecule has 1 unspecified atom stereocenters. The van der Waals surface area contributed by atoms with E-state index in [9.17, 15) is 4.55 Å². The molecule has 80 valence electrons. The van der Waals surface area contributed by atoms with Crippen molar-refractivity contribution >= 4 is 11.4 Å². The molecule has 3 aliphatic rings. The third kappa shape index (κ3) is 1.48. The second-order valence-electron chi connectivity index (χ2n) is 4.98. The van der Waals surface area contributed by atoms with Crippen molar-refractivity contribution < 1.29 is 4.55 Å². The van der Waals surface area contributed by atoms with E-state index in [1.54, 1.807) is 0 Å². The molecular formula is C10H18N2OS. The van der Waals surface area contributed by atoms with Crippen molar-refractivity contribution in [3.63, 3.8) is 0 Å². The minimum Gasteiger partial charge on any atom is -0.598 e. The van der Waals surface area contributed by atoms with Crippen molar-refractivity contribution in [2.45, 2.75) is 36.5 Å². The van der Waals surface area contributed by atoms with Crippen molar-refractivity contribution in [1.82, 2.24) is 9.21 Å². The van der Waals surface area contributed by atoms with Crippen LogP contribution in [0.1, 0.15) is 25.7 Å². The normalized spacial score (nSPS) is 34.7. The van der Waals surface area contributed by atoms with E-state index in [4.69, 9.17) is 0 Å². The van der Waals surface area contributed by atoms with Gasteiger partial charge in [-0.25, -0.2) is 0 Å². The molecule has 0 aromatic rings. The monoisotopic (exact) mass is 214 g/mol. The van der Waals surface area contributed by atoms with E-state index < -0.39 is 11.4 Å². The van der Waals surface area contributed by atoms with Gasteiger partial charge in [0.2, 0.25) is 0 Å². The van der Waals surface area contributed by atoms with E-state index in [1.807, 2.05) is 0 Å². The lowest BCUT2D eigenvalue weighted by Crippen LogP contribution is -2.55. The zero-order chi connectivity index (χ0) is 9.76. The van der Waals surface area contributed by atoms with Crippen LogP contribution in [0.2, 0.25) is 0 Å². The van der Waals surface area contributed by atoms with Crippen molar-refractivity contribution in [1.29, 1.82) is 0 Å². The maximum atomic E-state index is 12.0. The van der Waals surface area contributed by atoms with Crippen molar-refractivity contribution in [3.8, 4) is 0 Å². The number of rotatable bonds is 2. The Balaban J connectivity index is 1.65. The Morgan fingerprint density at radius 2 is 2.00 bits per heavy atom. The fraction of sp³-hybridized carbons (Fsp3) is 1.00. The fourth-order valence-corrected chi connectivity index (χ4v) is 3.94. The van der Waals surface area contributed by atoms with Gasteiger partial charge < -0.3 is 4.55 Å². The van der Waals surface area contributed by atoms with Gasteiger partial charge in [0.25, 0.3) is 0 Å². The minimum atomic E-state index is -0.662. The van der Waals surface area contributed by atoms with Gasteiger partial charge in [0.05, 0.1) is 13.1 Å². The third-order valence-corrected chi connectivity index (χ3v) is 5.72. The zero-order valence-corrected chi connectivity index (χ0v) is 9.55. The standard InChI is InChI=1S/C10H18N2OS/c1-11-6-7-12(8-10(11)4-5-10)14(13)9-2-3-9/h9H,2-8H2,1H3. The van der Waals surface area contributed by atoms with Gasteiger partial charge in [0.1, 0.15) is 5.25 Å². The predicted molar refractivity (Wildman–Crippen MR) is 57.3 cm³/mol. The van der Waals surface area contributed by atoms with Crippen molar-refractivity contribution in [2.75, 3.05) is 26.7 Å². The van der Waals surface area contributed by atoms with E-state index >= 15 is 0 Å². The first-order valence-electron chi connectivity index (χ1n) is 5.58. The molecule has 0 bridgehead atoms. The van der Waals surface area contributed by atoms with Crippen LogP contribution in [0, 0.1) is 0 Å². The molecule has 4 heteroatoms. The van der Waals surface area contributed by atoms with Gasteiger partial charge in [0.15, 0.2) is 0 Å². The highest BCUT2D eigenvalue weighted by molar-refractivity contribution is 7.90. The summed E-state index contributed by atoms with van der Waals surface area (Å²) in [7, 11) is 2.21. The van der Waals surface area contributed by atoms with E-state index in [0.29, 0.717) is 10.8 Å². The van der Waals surface area contributed by atoms with Crippen molar-refractivity contribution in [2.24, 2.45) is 0 Å². The van der Waals surface area contributed by atoms with Gasteiger partial charge >= 0.3 is 0 Å². The molecular weight excluding hydrogens is 196 g/mol. The molecule has 3 fully saturated rings. The van der Waals surface area contributed by atoms with Gasteiger partial charge in [-0.3, -0.25) is 4.90 Å². The average molecular weight is 214 g/mol. The summed E-state index contributed by atoms with van der Waals surface area (Å²) in [5.74, 6) is 0. The summed E-state index contributed by atoms with van der Waals surface area (Å²) in [6, 6.07) is 0. The molecule has 1 saturated heterocycles. The van der Waals surface area contributed by atoms with E-state index in [2.05, 4.69) is 16.3 Å². The lowest BCUT2D eigenvalue weighted by atomic mass is 10.2. The highest BCUT2D eigenvalue weighted by atomic mass is 32.2. The first-order chi connectivity index (χ1) is 6.71. The smallest absolute Gasteiger partial charge is 0.136 e. The number of likely N-dealkylation sites (N-methyl/N-ethyl adjacent to an activating group) is 1. The Morgan fingerprint density at radius 3 is 2.57 bits per heavy atom. The lowest BCUT2D eigenvalue weighted by molar-refractivity contribution is 0.129. The molecule has 0 radical (unpaired) electrons. The number of piperazine rings is 1. The van der Waals surface area contributed by atoms with E-state index in [-0.39, 0.29) is 0 Å². The summed E-state index contributed by atoms with van der Waals surface area (Å²) in [4.78, 5) is 2.47. The number of hydrogen-bond acceptors (Lipinski definition) is 3. The molecule has 0 N–H and O–H groups in total. The second-order valence-corrected chi connectivity index (χ2v) is 6.72. The molecule has 1 atom stereocenters. The van der Waals surface area contributed by atoms with Gasteiger partial charge in [-0.05, 0) is 19.9 Å². The van der Waals surface area contributed by atoms with Gasteiger partial charge in [-0.15, -0.1) is 4.31 Å². The van der Waals surface area contributed by atoms with Crippen LogP contribution >= 0.6 is 0 Å². The summed E-state index contributed by atoms with van der Waals surface area (Å²) in [6.07, 6.45) is 4.99. The molecule has 3 nitrogen and oxygen atoms in total. The number of nitrogens with zero attached hydrogens (tertiary/aromatic N) is 2. The third-order valence-electron chi connectivity index (χ3n) is 3.86. The van der Waals surface area contributed by atoms with Crippen LogP contribution in [0.3, 0.4) is 0 Å². The number of hydrogen-bond donors (Lipinski definition) is 0. The highest BCUT2D eigenvalue weighted by Crippen LogP contribution is 2.45. The Morgan fingerprint density at radius 1 is 1.29 bits per heavy atom. The summed E-state index contributed by atoms with van der Waals surface area (Å²) < 4.78 is 14.2. The molecule has 1 heterocycles. The Kier molecular flexibility index (Phi) is 2.10. The average Bonchev–Trinajstić information content (AvgIpc) is 3.03. The zero-order valence-electron chi connectivity index (χ0n) is 8.74. The van der Waals surface area contributed by atoms with Crippen LogP contribution in [0.5, 0.6) is 0 Å². The molecule has 1 aliphatic heterocycles. The maximum Gasteiger partial charge on any atom is 0.136 e. The summed E-state index contributed by atoms with van der Waals surface area (Å²) in [5.41, 5.74) is 0.419. The molecule has 14 heavy (non-hydrogen) atoms. The highest BCUT2D eigenvalue weighted by Gasteiger charge is 2.53. The molecule has 0 amide bonds. The van der Waals surface area contributed by atoms with Crippen LogP contribution < -0.4 is 0 Å². The van der Waals surface area contributed by atoms with Crippen LogP contribution in [-0.4, -0.2) is 51.2 Å². The Hall–Kier alpha value is 0.230. The summed E-state index contributed by atoms with van der Waals surface area (Å²) in [5, 5.41) is 0.509. The van der Waals surface area contributed by atoms with Crippen LogP contribution in [-0.2, 0) is 11.4 Å². The summed E-state index contributed by atoms with van der Waals surface area (Å²) in [6.45, 7) is 3.15. The molecule has 2 saturated carbocycles. The van der Waals surface area contributed by atoms with Crippen LogP contribution in [0.4, 0.5) is 0 Å². The Bertz CT molecular complexity index is 240. The first kappa shape index (κ1) is 9.46. The largest absolute Gasteiger partial charge is 0.598 e. The predicted octanol–water partition coefficient (Wildman–Crippen LogP) is 0.592. The first-order valence-corrected chi connectivity index (χ1v) is 6.75. The molecule has 0 aromatic carbocycles. The topological polar surface area (TPSA) is 29.5 Å². The van der Waals surface area contributed by atoms with Gasteiger partial charge in [-0.2, -0.15) is 0 Å². The van der Waals surface area contributed by atoms with Crippen LogP contribution in [0.15, 0.2) is 0 Å². The minimum absolute atomic E-state index is 0.419. The second kappa shape index (κ2) is 3.11. The SMILES string of the molecule is CN1CCN([S+]([O-])C2CC2)CC12CC2. The van der Waals surface area contributed by atoms with Crippen molar-refractivity contribution in [3.05, 3.63) is 0 Å². The van der Waals surface area contributed by atoms with Gasteiger partial charge in [0, 0.05) is 36.3 Å². The lowest BCUT2D eigenvalue weighted by Gasteiger charge is -2.39. The molecule has 1 spiro atoms. The van der Waals surface area contributed by atoms with E-state index in [1.165, 1.54) is 25.7 Å². The molecule has 0 aromatic heterocycles. The van der Waals surface area contributed by atoms with Crippen LogP contribution in [0.25, 0.3) is 0 Å². The van der Waals surface area contributed by atoms with E-state index in [0.717, 1.165) is 19.6 Å². The molecule has 3 rings (SSSR count). The maximum absolute atomic E-state index is 12.0.